The molecule has 1 saturated heterocycles. The molecular weight excluding hydrogens is 460 g/mol. The highest BCUT2D eigenvalue weighted by Gasteiger charge is 2.31. The van der Waals surface area contributed by atoms with E-state index in [1.165, 1.54) is 25.0 Å². The summed E-state index contributed by atoms with van der Waals surface area (Å²) in [5.41, 5.74) is 2.66. The number of benzene rings is 1. The monoisotopic (exact) mass is 481 g/mol. The van der Waals surface area contributed by atoms with Gasteiger partial charge in [-0.3, -0.25) is 4.68 Å². The third kappa shape index (κ3) is 3.95. The lowest BCUT2D eigenvalue weighted by atomic mass is 9.92. The number of nitrogens with zero attached hydrogens (tertiary/aromatic N) is 5. The Morgan fingerprint density at radius 1 is 1.09 bits per heavy atom. The van der Waals surface area contributed by atoms with Crippen LogP contribution in [0.2, 0.25) is 5.02 Å². The van der Waals surface area contributed by atoms with Gasteiger partial charge in [-0.15, -0.1) is 0 Å². The number of rotatable bonds is 4. The molecule has 6 rings (SSSR count). The molecular formula is C25H22ClF2N5O. The zero-order valence-electron chi connectivity index (χ0n) is 18.5. The molecule has 2 atom stereocenters. The first-order chi connectivity index (χ1) is 16.5. The van der Waals surface area contributed by atoms with Gasteiger partial charge in [0.05, 0.1) is 34.8 Å². The average Bonchev–Trinajstić information content (AvgIpc) is 3.56. The Hall–Kier alpha value is -2.97. The van der Waals surface area contributed by atoms with Crippen LogP contribution in [0.15, 0.2) is 36.7 Å². The Balaban J connectivity index is 1.41. The standard InChI is InChI=1S/C25H22ClF2N5O/c1-13-20(26)10-19-23(18-5-2-16(27)9-21(18)28)31-24(32-25(19)30-13)14-6-7-34-22(8-14)15-11-29-33(12-15)17-3-4-17/h2,5,9-12,14,17,22H,3-4,6-8H2,1H3/t14-,22-/m1/s1. The fourth-order valence-electron chi connectivity index (χ4n) is 4.53. The molecule has 34 heavy (non-hydrogen) atoms. The Labute approximate surface area is 200 Å². The fraction of sp³-hybridized carbons (Fsp3) is 0.360. The predicted molar refractivity (Wildman–Crippen MR) is 124 cm³/mol. The van der Waals surface area contributed by atoms with Crippen molar-refractivity contribution in [1.29, 1.82) is 0 Å². The summed E-state index contributed by atoms with van der Waals surface area (Å²) in [7, 11) is 0. The van der Waals surface area contributed by atoms with Gasteiger partial charge in [-0.05, 0) is 50.8 Å². The molecule has 0 spiro atoms. The molecule has 6 nitrogen and oxygen atoms in total. The minimum absolute atomic E-state index is 0.00697. The summed E-state index contributed by atoms with van der Waals surface area (Å²) in [5.74, 6) is -0.776. The second-order valence-corrected chi connectivity index (χ2v) is 9.45. The highest BCUT2D eigenvalue weighted by Crippen LogP contribution is 2.40. The number of aryl methyl sites for hydroxylation is 1. The van der Waals surface area contributed by atoms with E-state index in [2.05, 4.69) is 16.3 Å². The number of pyridine rings is 1. The predicted octanol–water partition coefficient (Wildman–Crippen LogP) is 6.10. The summed E-state index contributed by atoms with van der Waals surface area (Å²) in [6.07, 6.45) is 7.57. The van der Waals surface area contributed by atoms with E-state index < -0.39 is 11.6 Å². The Morgan fingerprint density at radius 2 is 1.94 bits per heavy atom. The van der Waals surface area contributed by atoms with Crippen LogP contribution >= 0.6 is 11.6 Å². The van der Waals surface area contributed by atoms with Crippen LogP contribution in [0.1, 0.15) is 60.8 Å². The average molecular weight is 482 g/mol. The van der Waals surface area contributed by atoms with Crippen molar-refractivity contribution in [3.8, 4) is 11.3 Å². The Morgan fingerprint density at radius 3 is 2.74 bits per heavy atom. The molecule has 174 valence electrons. The second kappa shape index (κ2) is 8.36. The topological polar surface area (TPSA) is 65.7 Å². The SMILES string of the molecule is Cc1nc2nc([C@@H]3CCO[C@@H](c4cnn(C5CC5)c4)C3)nc(-c3ccc(F)cc3F)c2cc1Cl. The zero-order valence-corrected chi connectivity index (χ0v) is 19.3. The molecule has 1 aliphatic heterocycles. The van der Waals surface area contributed by atoms with E-state index in [0.717, 1.165) is 18.1 Å². The first-order valence-corrected chi connectivity index (χ1v) is 11.8. The van der Waals surface area contributed by atoms with Gasteiger partial charge in [0.15, 0.2) is 5.65 Å². The van der Waals surface area contributed by atoms with Crippen LogP contribution in [0.4, 0.5) is 8.78 Å². The van der Waals surface area contributed by atoms with Crippen molar-refractivity contribution in [1.82, 2.24) is 24.7 Å². The van der Waals surface area contributed by atoms with Crippen molar-refractivity contribution in [3.63, 3.8) is 0 Å². The van der Waals surface area contributed by atoms with Crippen LogP contribution in [-0.4, -0.2) is 31.3 Å². The Bertz CT molecular complexity index is 1400. The fourth-order valence-corrected chi connectivity index (χ4v) is 4.68. The van der Waals surface area contributed by atoms with Crippen LogP contribution in [0.25, 0.3) is 22.3 Å². The van der Waals surface area contributed by atoms with E-state index in [9.17, 15) is 8.78 Å². The first-order valence-electron chi connectivity index (χ1n) is 11.4. The molecule has 9 heteroatoms. The van der Waals surface area contributed by atoms with Gasteiger partial charge in [0.1, 0.15) is 17.5 Å². The number of halogens is 3. The zero-order chi connectivity index (χ0) is 23.4. The summed E-state index contributed by atoms with van der Waals surface area (Å²) in [5, 5.41) is 5.45. The van der Waals surface area contributed by atoms with Gasteiger partial charge in [0.2, 0.25) is 0 Å². The van der Waals surface area contributed by atoms with Gasteiger partial charge in [-0.2, -0.15) is 5.10 Å². The largest absolute Gasteiger partial charge is 0.373 e. The number of hydrogen-bond acceptors (Lipinski definition) is 5. The third-order valence-corrected chi connectivity index (χ3v) is 6.97. The molecule has 2 aliphatic rings. The number of hydrogen-bond donors (Lipinski definition) is 0. The molecule has 4 heterocycles. The minimum atomic E-state index is -0.694. The lowest BCUT2D eigenvalue weighted by Crippen LogP contribution is -2.20. The normalized spacial score (nSPS) is 20.7. The van der Waals surface area contributed by atoms with Crippen molar-refractivity contribution >= 4 is 22.6 Å². The van der Waals surface area contributed by atoms with E-state index >= 15 is 0 Å². The first kappa shape index (κ1) is 21.6. The summed E-state index contributed by atoms with van der Waals surface area (Å²) < 4.78 is 36.5. The number of fused-ring (bicyclic) bond motifs is 1. The highest BCUT2D eigenvalue weighted by atomic mass is 35.5. The summed E-state index contributed by atoms with van der Waals surface area (Å²) in [4.78, 5) is 14.1. The molecule has 1 saturated carbocycles. The summed E-state index contributed by atoms with van der Waals surface area (Å²) in [6, 6.07) is 5.67. The Kier molecular flexibility index (Phi) is 5.30. The van der Waals surface area contributed by atoms with Crippen LogP contribution < -0.4 is 0 Å². The quantitative estimate of drug-likeness (QED) is 0.352. The van der Waals surface area contributed by atoms with Crippen LogP contribution in [0, 0.1) is 18.6 Å². The van der Waals surface area contributed by atoms with Crippen molar-refractivity contribution < 1.29 is 13.5 Å². The second-order valence-electron chi connectivity index (χ2n) is 9.05. The van der Waals surface area contributed by atoms with Crippen molar-refractivity contribution in [2.45, 2.75) is 50.7 Å². The summed E-state index contributed by atoms with van der Waals surface area (Å²) in [6.45, 7) is 2.35. The molecule has 4 aromatic rings. The van der Waals surface area contributed by atoms with E-state index in [4.69, 9.17) is 26.3 Å². The molecule has 0 N–H and O–H groups in total. The maximum absolute atomic E-state index is 14.8. The van der Waals surface area contributed by atoms with Crippen LogP contribution in [-0.2, 0) is 4.74 Å². The van der Waals surface area contributed by atoms with Gasteiger partial charge < -0.3 is 4.74 Å². The number of aromatic nitrogens is 5. The number of ether oxygens (including phenoxy) is 1. The van der Waals surface area contributed by atoms with E-state index in [0.29, 0.717) is 52.3 Å². The summed E-state index contributed by atoms with van der Waals surface area (Å²) >= 11 is 6.32. The lowest BCUT2D eigenvalue weighted by Gasteiger charge is -2.28. The van der Waals surface area contributed by atoms with Crippen molar-refractivity contribution in [2.75, 3.05) is 6.61 Å². The molecule has 0 unspecified atom stereocenters. The molecule has 0 amide bonds. The van der Waals surface area contributed by atoms with E-state index in [1.54, 1.807) is 13.0 Å². The maximum atomic E-state index is 14.8. The highest BCUT2D eigenvalue weighted by molar-refractivity contribution is 6.32. The van der Waals surface area contributed by atoms with Crippen molar-refractivity contribution in [2.24, 2.45) is 0 Å². The smallest absolute Gasteiger partial charge is 0.163 e. The molecule has 3 aromatic heterocycles. The van der Waals surface area contributed by atoms with Gasteiger partial charge in [-0.25, -0.2) is 23.7 Å². The molecule has 2 fully saturated rings. The van der Waals surface area contributed by atoms with Crippen molar-refractivity contribution in [3.05, 3.63) is 70.4 Å². The van der Waals surface area contributed by atoms with Crippen LogP contribution in [0.5, 0.6) is 0 Å². The van der Waals surface area contributed by atoms with Gasteiger partial charge in [0.25, 0.3) is 0 Å². The van der Waals surface area contributed by atoms with Gasteiger partial charge >= 0.3 is 0 Å². The van der Waals surface area contributed by atoms with E-state index in [-0.39, 0.29) is 17.6 Å². The minimum Gasteiger partial charge on any atom is -0.373 e. The molecule has 0 bridgehead atoms. The molecule has 0 radical (unpaired) electrons. The molecule has 1 aromatic carbocycles. The maximum Gasteiger partial charge on any atom is 0.163 e. The van der Waals surface area contributed by atoms with E-state index in [1.807, 2.05) is 10.9 Å². The van der Waals surface area contributed by atoms with Gasteiger partial charge in [0, 0.05) is 41.3 Å². The molecule has 1 aliphatic carbocycles. The lowest BCUT2D eigenvalue weighted by molar-refractivity contribution is 0.00396. The van der Waals surface area contributed by atoms with Crippen LogP contribution in [0.3, 0.4) is 0 Å². The van der Waals surface area contributed by atoms with Gasteiger partial charge in [-0.1, -0.05) is 11.6 Å². The third-order valence-electron chi connectivity index (χ3n) is 6.58.